The van der Waals surface area contributed by atoms with Gasteiger partial charge in [-0.1, -0.05) is 0 Å². The van der Waals surface area contributed by atoms with Crippen molar-refractivity contribution in [1.82, 2.24) is 9.88 Å². The fourth-order valence-corrected chi connectivity index (χ4v) is 3.15. The van der Waals surface area contributed by atoms with Crippen LogP contribution in [-0.2, 0) is 17.8 Å². The summed E-state index contributed by atoms with van der Waals surface area (Å²) >= 11 is 0. The van der Waals surface area contributed by atoms with Crippen LogP contribution in [0.3, 0.4) is 0 Å². The van der Waals surface area contributed by atoms with Gasteiger partial charge in [0.25, 0.3) is 0 Å². The van der Waals surface area contributed by atoms with E-state index in [2.05, 4.69) is 4.98 Å². The van der Waals surface area contributed by atoms with Crippen LogP contribution in [0.5, 0.6) is 5.75 Å². The van der Waals surface area contributed by atoms with Crippen LogP contribution in [0.1, 0.15) is 17.0 Å². The topological polar surface area (TPSA) is 58.5 Å². The highest BCUT2D eigenvalue weighted by Gasteiger charge is 2.23. The highest BCUT2D eigenvalue weighted by Crippen LogP contribution is 2.30. The maximum absolute atomic E-state index is 12.4. The van der Waals surface area contributed by atoms with E-state index in [4.69, 9.17) is 9.15 Å². The van der Waals surface area contributed by atoms with Crippen LogP contribution >= 0.6 is 0 Å². The summed E-state index contributed by atoms with van der Waals surface area (Å²) in [5.41, 5.74) is 3.47. The van der Waals surface area contributed by atoms with Crippen LogP contribution in [0.4, 0.5) is 0 Å². The number of ether oxygens (including phenoxy) is 1. The number of carbonyl (C=O) groups excluding carboxylic acids is 1. The molecule has 1 aliphatic rings. The van der Waals surface area contributed by atoms with Crippen molar-refractivity contribution in [2.75, 3.05) is 13.7 Å². The Hall–Kier alpha value is -2.95. The molecule has 0 saturated carbocycles. The monoisotopic (exact) mass is 322 g/mol. The maximum atomic E-state index is 12.4. The molecule has 0 fully saturated rings. The normalized spacial score (nSPS) is 14.3. The second kappa shape index (κ2) is 5.92. The molecular weight excluding hydrogens is 304 g/mol. The van der Waals surface area contributed by atoms with Crippen molar-refractivity contribution in [2.45, 2.75) is 13.0 Å². The summed E-state index contributed by atoms with van der Waals surface area (Å²) in [6.07, 6.45) is 5.69. The Kier molecular flexibility index (Phi) is 3.61. The molecule has 3 heterocycles. The lowest BCUT2D eigenvalue weighted by Gasteiger charge is -2.26. The molecule has 0 spiro atoms. The Morgan fingerprint density at radius 3 is 3.08 bits per heavy atom. The van der Waals surface area contributed by atoms with E-state index >= 15 is 0 Å². The number of hydrogen-bond acceptors (Lipinski definition) is 3. The highest BCUT2D eigenvalue weighted by molar-refractivity contribution is 5.92. The Morgan fingerprint density at radius 1 is 1.38 bits per heavy atom. The molecule has 1 aromatic carbocycles. The second-order valence-electron chi connectivity index (χ2n) is 5.85. The third kappa shape index (κ3) is 2.58. The van der Waals surface area contributed by atoms with Crippen LogP contribution in [-0.4, -0.2) is 29.4 Å². The molecule has 0 unspecified atom stereocenters. The molecule has 5 nitrogen and oxygen atoms in total. The second-order valence-corrected chi connectivity index (χ2v) is 5.85. The maximum Gasteiger partial charge on any atom is 0.247 e. The summed E-state index contributed by atoms with van der Waals surface area (Å²) in [6, 6.07) is 9.62. The van der Waals surface area contributed by atoms with Gasteiger partial charge in [-0.3, -0.25) is 4.79 Å². The number of carbonyl (C=O) groups is 1. The molecule has 1 aliphatic heterocycles. The number of aromatic nitrogens is 1. The largest absolute Gasteiger partial charge is 0.497 e. The molecule has 1 amide bonds. The van der Waals surface area contributed by atoms with Gasteiger partial charge in [0.2, 0.25) is 5.91 Å². The quantitative estimate of drug-likeness (QED) is 0.752. The van der Waals surface area contributed by atoms with Crippen molar-refractivity contribution in [3.8, 4) is 5.75 Å². The smallest absolute Gasteiger partial charge is 0.247 e. The minimum atomic E-state index is -0.00528. The summed E-state index contributed by atoms with van der Waals surface area (Å²) in [5, 5.41) is 1.12. The Morgan fingerprint density at radius 2 is 2.29 bits per heavy atom. The summed E-state index contributed by atoms with van der Waals surface area (Å²) < 4.78 is 10.5. The SMILES string of the molecule is COc1ccc2[nH]c3c(c2c1)CN(C(=O)/C=C/c1ccco1)CC3. The Balaban J connectivity index is 1.59. The zero-order chi connectivity index (χ0) is 16.5. The number of nitrogens with zero attached hydrogens (tertiary/aromatic N) is 1. The van der Waals surface area contributed by atoms with Crippen molar-refractivity contribution in [3.63, 3.8) is 0 Å². The van der Waals surface area contributed by atoms with Crippen molar-refractivity contribution in [3.05, 3.63) is 59.7 Å². The molecule has 0 bridgehead atoms. The zero-order valence-electron chi connectivity index (χ0n) is 13.4. The van der Waals surface area contributed by atoms with Gasteiger partial charge < -0.3 is 19.0 Å². The molecule has 2 aromatic heterocycles. The van der Waals surface area contributed by atoms with E-state index in [9.17, 15) is 4.79 Å². The number of methoxy groups -OCH3 is 1. The van der Waals surface area contributed by atoms with Crippen LogP contribution in [0.25, 0.3) is 17.0 Å². The van der Waals surface area contributed by atoms with E-state index in [1.54, 1.807) is 31.6 Å². The number of furan rings is 1. The van der Waals surface area contributed by atoms with Gasteiger partial charge in [0, 0.05) is 47.7 Å². The minimum Gasteiger partial charge on any atom is -0.497 e. The fourth-order valence-electron chi connectivity index (χ4n) is 3.15. The summed E-state index contributed by atoms with van der Waals surface area (Å²) in [4.78, 5) is 17.8. The van der Waals surface area contributed by atoms with Gasteiger partial charge in [0.15, 0.2) is 0 Å². The number of fused-ring (bicyclic) bond motifs is 3. The lowest BCUT2D eigenvalue weighted by molar-refractivity contribution is -0.126. The van der Waals surface area contributed by atoms with Crippen molar-refractivity contribution in [2.24, 2.45) is 0 Å². The number of nitrogens with one attached hydrogen (secondary N) is 1. The summed E-state index contributed by atoms with van der Waals surface area (Å²) in [7, 11) is 1.66. The standard InChI is InChI=1S/C19H18N2O3/c1-23-14-4-6-17-15(11-14)16-12-21(9-8-18(16)20-17)19(22)7-5-13-3-2-10-24-13/h2-7,10-11,20H,8-9,12H2,1H3/b7-5+. The molecule has 4 rings (SSSR count). The van der Waals surface area contributed by atoms with Crippen molar-refractivity contribution < 1.29 is 13.9 Å². The molecule has 122 valence electrons. The van der Waals surface area contributed by atoms with Gasteiger partial charge in [-0.15, -0.1) is 0 Å². The lowest BCUT2D eigenvalue weighted by Crippen LogP contribution is -2.34. The molecule has 0 radical (unpaired) electrons. The first-order valence-electron chi connectivity index (χ1n) is 7.92. The van der Waals surface area contributed by atoms with E-state index in [-0.39, 0.29) is 5.91 Å². The minimum absolute atomic E-state index is 0.00528. The van der Waals surface area contributed by atoms with Gasteiger partial charge in [-0.25, -0.2) is 0 Å². The van der Waals surface area contributed by atoms with Crippen LogP contribution in [0, 0.1) is 0 Å². The van der Waals surface area contributed by atoms with Gasteiger partial charge in [0.1, 0.15) is 11.5 Å². The Bertz CT molecular complexity index is 906. The lowest BCUT2D eigenvalue weighted by atomic mass is 10.0. The van der Waals surface area contributed by atoms with Crippen LogP contribution in [0.2, 0.25) is 0 Å². The molecular formula is C19H18N2O3. The first-order chi connectivity index (χ1) is 11.7. The van der Waals surface area contributed by atoms with Gasteiger partial charge in [-0.05, 0) is 36.4 Å². The highest BCUT2D eigenvalue weighted by atomic mass is 16.5. The summed E-state index contributed by atoms with van der Waals surface area (Å²) in [5.74, 6) is 1.50. The number of benzene rings is 1. The van der Waals surface area contributed by atoms with E-state index < -0.39 is 0 Å². The third-order valence-corrected chi connectivity index (χ3v) is 4.43. The molecule has 3 aromatic rings. The van der Waals surface area contributed by atoms with Crippen molar-refractivity contribution in [1.29, 1.82) is 0 Å². The predicted molar refractivity (Wildman–Crippen MR) is 91.7 cm³/mol. The van der Waals surface area contributed by atoms with E-state index in [1.807, 2.05) is 29.2 Å². The number of aromatic amines is 1. The van der Waals surface area contributed by atoms with E-state index in [0.29, 0.717) is 18.8 Å². The average molecular weight is 322 g/mol. The van der Waals surface area contributed by atoms with Crippen LogP contribution in [0.15, 0.2) is 47.1 Å². The first kappa shape index (κ1) is 14.6. The van der Waals surface area contributed by atoms with Crippen LogP contribution < -0.4 is 4.74 Å². The molecule has 24 heavy (non-hydrogen) atoms. The third-order valence-electron chi connectivity index (χ3n) is 4.43. The van der Waals surface area contributed by atoms with Gasteiger partial charge >= 0.3 is 0 Å². The fraction of sp³-hybridized carbons (Fsp3) is 0.211. The first-order valence-corrected chi connectivity index (χ1v) is 7.92. The average Bonchev–Trinajstić information content (AvgIpc) is 3.26. The molecule has 5 heteroatoms. The number of rotatable bonds is 3. The molecule has 0 saturated heterocycles. The van der Waals surface area contributed by atoms with E-state index in [1.165, 1.54) is 11.3 Å². The van der Waals surface area contributed by atoms with Crippen molar-refractivity contribution >= 4 is 22.9 Å². The number of amides is 1. The Labute approximate surface area is 139 Å². The molecule has 0 atom stereocenters. The number of hydrogen-bond donors (Lipinski definition) is 1. The zero-order valence-corrected chi connectivity index (χ0v) is 13.4. The van der Waals surface area contributed by atoms with E-state index in [0.717, 1.165) is 23.1 Å². The predicted octanol–water partition coefficient (Wildman–Crippen LogP) is 3.37. The van der Waals surface area contributed by atoms with Gasteiger partial charge in [0.05, 0.1) is 13.4 Å². The molecule has 0 aliphatic carbocycles. The summed E-state index contributed by atoms with van der Waals surface area (Å²) in [6.45, 7) is 1.31. The molecule has 1 N–H and O–H groups in total. The number of H-pyrrole nitrogens is 1. The van der Waals surface area contributed by atoms with Gasteiger partial charge in [-0.2, -0.15) is 0 Å².